The number of pyridine rings is 1. The number of rotatable bonds is 5. The predicted octanol–water partition coefficient (Wildman–Crippen LogP) is 3.02. The number of benzene rings is 1. The first-order valence-electron chi connectivity index (χ1n) is 6.46. The highest BCUT2D eigenvalue weighted by Crippen LogP contribution is 2.30. The zero-order valence-corrected chi connectivity index (χ0v) is 12.7. The van der Waals surface area contributed by atoms with Gasteiger partial charge in [0.1, 0.15) is 10.6 Å². The highest BCUT2D eigenvalue weighted by Gasteiger charge is 2.34. The molecular formula is C14H13F3N2O3S. The third-order valence-electron chi connectivity index (χ3n) is 2.88. The number of nitrogens with zero attached hydrogens (tertiary/aromatic N) is 1. The Morgan fingerprint density at radius 1 is 1.17 bits per heavy atom. The van der Waals surface area contributed by atoms with Crippen molar-refractivity contribution in [1.82, 2.24) is 9.71 Å². The standard InChI is InChI=1S/C14H13F3N2O3S/c1-10(11-5-4-8-18-9-11)19-23(20,21)13-7-3-2-6-12(13)22-14(15,16)17/h2-10,19H,1H3/t10-/m1/s1. The topological polar surface area (TPSA) is 68.3 Å². The van der Waals surface area contributed by atoms with E-state index in [1.807, 2.05) is 0 Å². The first-order chi connectivity index (χ1) is 10.7. The van der Waals surface area contributed by atoms with Crippen molar-refractivity contribution in [2.24, 2.45) is 0 Å². The van der Waals surface area contributed by atoms with E-state index < -0.39 is 33.1 Å². The van der Waals surface area contributed by atoms with E-state index in [1.165, 1.54) is 24.5 Å². The largest absolute Gasteiger partial charge is 0.573 e. The van der Waals surface area contributed by atoms with Crippen molar-refractivity contribution in [2.75, 3.05) is 0 Å². The lowest BCUT2D eigenvalue weighted by Crippen LogP contribution is -2.28. The molecule has 0 unspecified atom stereocenters. The number of sulfonamides is 1. The fourth-order valence-electron chi connectivity index (χ4n) is 1.88. The Hall–Kier alpha value is -2.13. The van der Waals surface area contributed by atoms with Gasteiger partial charge in [-0.2, -0.15) is 0 Å². The molecule has 0 bridgehead atoms. The summed E-state index contributed by atoms with van der Waals surface area (Å²) in [6, 6.07) is 7.15. The minimum atomic E-state index is -4.99. The van der Waals surface area contributed by atoms with Gasteiger partial charge in [-0.1, -0.05) is 18.2 Å². The Kier molecular flexibility index (Phi) is 4.90. The monoisotopic (exact) mass is 346 g/mol. The van der Waals surface area contributed by atoms with Gasteiger partial charge >= 0.3 is 6.36 Å². The molecule has 5 nitrogen and oxygen atoms in total. The van der Waals surface area contributed by atoms with Crippen molar-refractivity contribution in [1.29, 1.82) is 0 Å². The number of alkyl halides is 3. The van der Waals surface area contributed by atoms with Gasteiger partial charge in [0, 0.05) is 18.4 Å². The van der Waals surface area contributed by atoms with Crippen LogP contribution in [0.2, 0.25) is 0 Å². The third-order valence-corrected chi connectivity index (χ3v) is 4.46. The van der Waals surface area contributed by atoms with Crippen molar-refractivity contribution in [3.05, 3.63) is 54.4 Å². The Morgan fingerprint density at radius 3 is 2.48 bits per heavy atom. The molecule has 1 aromatic heterocycles. The van der Waals surface area contributed by atoms with Crippen LogP contribution >= 0.6 is 0 Å². The normalized spacial score (nSPS) is 13.6. The van der Waals surface area contributed by atoms with Gasteiger partial charge in [-0.3, -0.25) is 4.98 Å². The summed E-state index contributed by atoms with van der Waals surface area (Å²) in [5.74, 6) is -0.786. The molecule has 0 aliphatic rings. The second-order valence-electron chi connectivity index (χ2n) is 4.62. The third kappa shape index (κ3) is 4.67. The van der Waals surface area contributed by atoms with E-state index in [0.717, 1.165) is 12.1 Å². The minimum Gasteiger partial charge on any atom is -0.404 e. The molecule has 0 saturated carbocycles. The number of para-hydroxylation sites is 1. The van der Waals surface area contributed by atoms with Gasteiger partial charge in [0.15, 0.2) is 0 Å². The first kappa shape index (κ1) is 17.2. The Labute approximate surface area is 131 Å². The highest BCUT2D eigenvalue weighted by molar-refractivity contribution is 7.89. The summed E-state index contributed by atoms with van der Waals surface area (Å²) in [7, 11) is -4.21. The zero-order chi connectivity index (χ0) is 17.1. The van der Waals surface area contributed by atoms with E-state index in [-0.39, 0.29) is 0 Å². The van der Waals surface area contributed by atoms with Crippen LogP contribution in [0.1, 0.15) is 18.5 Å². The molecule has 9 heteroatoms. The fraction of sp³-hybridized carbons (Fsp3) is 0.214. The second kappa shape index (κ2) is 6.55. The van der Waals surface area contributed by atoms with Crippen LogP contribution in [0.4, 0.5) is 13.2 Å². The summed E-state index contributed by atoms with van der Waals surface area (Å²) in [4.78, 5) is 3.28. The van der Waals surface area contributed by atoms with Crippen LogP contribution in [0.5, 0.6) is 5.75 Å². The fourth-order valence-corrected chi connectivity index (χ4v) is 3.24. The number of nitrogens with one attached hydrogen (secondary N) is 1. The Bertz CT molecular complexity index is 764. The van der Waals surface area contributed by atoms with Gasteiger partial charge in [-0.15, -0.1) is 13.2 Å². The second-order valence-corrected chi connectivity index (χ2v) is 6.31. The van der Waals surface area contributed by atoms with E-state index in [2.05, 4.69) is 14.4 Å². The molecule has 124 valence electrons. The molecule has 0 radical (unpaired) electrons. The molecule has 0 saturated heterocycles. The molecule has 0 aliphatic heterocycles. The van der Waals surface area contributed by atoms with Gasteiger partial charge in [0.2, 0.25) is 10.0 Å². The molecule has 0 amide bonds. The maximum absolute atomic E-state index is 12.4. The molecule has 1 heterocycles. The van der Waals surface area contributed by atoms with Crippen LogP contribution < -0.4 is 9.46 Å². The Balaban J connectivity index is 2.30. The first-order valence-corrected chi connectivity index (χ1v) is 7.94. The van der Waals surface area contributed by atoms with E-state index in [1.54, 1.807) is 19.1 Å². The van der Waals surface area contributed by atoms with Crippen molar-refractivity contribution in [3.8, 4) is 5.75 Å². The van der Waals surface area contributed by atoms with Crippen LogP contribution in [0, 0.1) is 0 Å². The molecule has 0 aliphatic carbocycles. The van der Waals surface area contributed by atoms with Gasteiger partial charge in [-0.25, -0.2) is 13.1 Å². The van der Waals surface area contributed by atoms with Gasteiger partial charge in [-0.05, 0) is 30.7 Å². The quantitative estimate of drug-likeness (QED) is 0.904. The summed E-state index contributed by atoms with van der Waals surface area (Å²) in [6.45, 7) is 1.56. The number of ether oxygens (including phenoxy) is 1. The lowest BCUT2D eigenvalue weighted by molar-refractivity contribution is -0.275. The van der Waals surface area contributed by atoms with E-state index in [4.69, 9.17) is 0 Å². The average molecular weight is 346 g/mol. The van der Waals surface area contributed by atoms with Crippen molar-refractivity contribution >= 4 is 10.0 Å². The zero-order valence-electron chi connectivity index (χ0n) is 11.9. The number of hydrogen-bond acceptors (Lipinski definition) is 4. The van der Waals surface area contributed by atoms with Crippen LogP contribution in [0.3, 0.4) is 0 Å². The molecule has 2 rings (SSSR count). The molecule has 1 aromatic carbocycles. The molecule has 0 spiro atoms. The molecule has 1 N–H and O–H groups in total. The molecule has 23 heavy (non-hydrogen) atoms. The van der Waals surface area contributed by atoms with Gasteiger partial charge < -0.3 is 4.74 Å². The van der Waals surface area contributed by atoms with Crippen molar-refractivity contribution < 1.29 is 26.3 Å². The number of halogens is 3. The average Bonchev–Trinajstić information content (AvgIpc) is 2.46. The molecule has 0 fully saturated rings. The SMILES string of the molecule is C[C@@H](NS(=O)(=O)c1ccccc1OC(F)(F)F)c1cccnc1. The van der Waals surface area contributed by atoms with Crippen LogP contribution in [-0.2, 0) is 10.0 Å². The smallest absolute Gasteiger partial charge is 0.404 e. The van der Waals surface area contributed by atoms with Crippen molar-refractivity contribution in [2.45, 2.75) is 24.2 Å². The van der Waals surface area contributed by atoms with E-state index >= 15 is 0 Å². The maximum Gasteiger partial charge on any atom is 0.573 e. The predicted molar refractivity (Wildman–Crippen MR) is 76.1 cm³/mol. The summed E-state index contributed by atoms with van der Waals surface area (Å²) in [5, 5.41) is 0. The van der Waals surface area contributed by atoms with Crippen molar-refractivity contribution in [3.63, 3.8) is 0 Å². The lowest BCUT2D eigenvalue weighted by atomic mass is 10.2. The summed E-state index contributed by atoms with van der Waals surface area (Å²) >= 11 is 0. The lowest BCUT2D eigenvalue weighted by Gasteiger charge is -2.17. The molecule has 2 aromatic rings. The van der Waals surface area contributed by atoms with Gasteiger partial charge in [0.25, 0.3) is 0 Å². The summed E-state index contributed by atoms with van der Waals surface area (Å²) < 4.78 is 67.9. The highest BCUT2D eigenvalue weighted by atomic mass is 32.2. The van der Waals surface area contributed by atoms with E-state index in [0.29, 0.717) is 5.56 Å². The van der Waals surface area contributed by atoms with Crippen LogP contribution in [-0.4, -0.2) is 19.8 Å². The van der Waals surface area contributed by atoms with Crippen LogP contribution in [0.25, 0.3) is 0 Å². The van der Waals surface area contributed by atoms with E-state index in [9.17, 15) is 21.6 Å². The number of aromatic nitrogens is 1. The summed E-state index contributed by atoms with van der Waals surface area (Å²) in [6.07, 6.45) is -2.00. The molecule has 1 atom stereocenters. The minimum absolute atomic E-state index is 0.574. The Morgan fingerprint density at radius 2 is 1.87 bits per heavy atom. The molecular weight excluding hydrogens is 333 g/mol. The van der Waals surface area contributed by atoms with Crippen LogP contribution in [0.15, 0.2) is 53.7 Å². The summed E-state index contributed by atoms with van der Waals surface area (Å²) in [5.41, 5.74) is 0.574. The van der Waals surface area contributed by atoms with Gasteiger partial charge in [0.05, 0.1) is 0 Å². The number of hydrogen-bond donors (Lipinski definition) is 1. The maximum atomic E-state index is 12.4.